The van der Waals surface area contributed by atoms with Crippen molar-refractivity contribution in [2.75, 3.05) is 6.54 Å². The average Bonchev–Trinajstić information content (AvgIpc) is 2.29. The van der Waals surface area contributed by atoms with Crippen molar-refractivity contribution in [1.82, 2.24) is 0 Å². The van der Waals surface area contributed by atoms with Crippen LogP contribution in [0.15, 0.2) is 12.1 Å². The maximum absolute atomic E-state index is 13.6. The number of benzene rings is 1. The van der Waals surface area contributed by atoms with E-state index in [1.807, 2.05) is 6.07 Å². The highest BCUT2D eigenvalue weighted by Gasteiger charge is 2.16. The topological polar surface area (TPSA) is 59.0 Å². The van der Waals surface area contributed by atoms with E-state index in [0.717, 1.165) is 0 Å². The standard InChI is InChI=1S/C12H14F2N2O/c1-2-9(7-16)17-12-10(13)5-8(3-4-15)6-11(12)14/h5-6,9H,2-4,15H2,1H3. The average molecular weight is 240 g/mol. The number of ether oxygens (including phenoxy) is 1. The number of nitrogens with two attached hydrogens (primary N) is 1. The number of rotatable bonds is 5. The molecule has 0 aliphatic carbocycles. The molecule has 0 bridgehead atoms. The Labute approximate surface area is 98.8 Å². The van der Waals surface area contributed by atoms with Gasteiger partial charge < -0.3 is 10.5 Å². The van der Waals surface area contributed by atoms with Gasteiger partial charge in [-0.3, -0.25) is 0 Å². The van der Waals surface area contributed by atoms with Crippen LogP contribution >= 0.6 is 0 Å². The van der Waals surface area contributed by atoms with Crippen molar-refractivity contribution >= 4 is 0 Å². The Kier molecular flexibility index (Phi) is 4.85. The van der Waals surface area contributed by atoms with E-state index in [1.165, 1.54) is 12.1 Å². The quantitative estimate of drug-likeness (QED) is 0.857. The Morgan fingerprint density at radius 3 is 2.41 bits per heavy atom. The minimum absolute atomic E-state index is 0.314. The molecule has 5 heteroatoms. The van der Waals surface area contributed by atoms with Gasteiger partial charge in [0.25, 0.3) is 0 Å². The third kappa shape index (κ3) is 3.40. The Morgan fingerprint density at radius 2 is 2.00 bits per heavy atom. The van der Waals surface area contributed by atoms with Gasteiger partial charge in [-0.2, -0.15) is 5.26 Å². The summed E-state index contributed by atoms with van der Waals surface area (Å²) in [5, 5.41) is 8.67. The first-order valence-corrected chi connectivity index (χ1v) is 5.36. The lowest BCUT2D eigenvalue weighted by Gasteiger charge is -2.12. The molecule has 1 unspecified atom stereocenters. The molecule has 0 saturated carbocycles. The third-order valence-electron chi connectivity index (χ3n) is 2.27. The first-order chi connectivity index (χ1) is 8.12. The van der Waals surface area contributed by atoms with Crippen molar-refractivity contribution in [1.29, 1.82) is 5.26 Å². The first-order valence-electron chi connectivity index (χ1n) is 5.36. The molecule has 1 rings (SSSR count). The summed E-state index contributed by atoms with van der Waals surface area (Å²) in [6.45, 7) is 2.02. The van der Waals surface area contributed by atoms with Crippen molar-refractivity contribution in [3.63, 3.8) is 0 Å². The highest BCUT2D eigenvalue weighted by atomic mass is 19.1. The second kappa shape index (κ2) is 6.16. The maximum Gasteiger partial charge on any atom is 0.192 e. The van der Waals surface area contributed by atoms with Crippen LogP contribution in [0.3, 0.4) is 0 Å². The van der Waals surface area contributed by atoms with Crippen molar-refractivity contribution in [3.05, 3.63) is 29.3 Å². The van der Waals surface area contributed by atoms with Crippen LogP contribution in [0.5, 0.6) is 5.75 Å². The molecule has 3 nitrogen and oxygen atoms in total. The minimum atomic E-state index is -0.848. The zero-order chi connectivity index (χ0) is 12.8. The summed E-state index contributed by atoms with van der Waals surface area (Å²) < 4.78 is 32.1. The van der Waals surface area contributed by atoms with Crippen molar-refractivity contribution < 1.29 is 13.5 Å². The molecular weight excluding hydrogens is 226 g/mol. The number of nitrogens with zero attached hydrogens (tertiary/aromatic N) is 1. The summed E-state index contributed by atoms with van der Waals surface area (Å²) in [5.74, 6) is -2.11. The van der Waals surface area contributed by atoms with Gasteiger partial charge in [0.05, 0.1) is 0 Å². The molecule has 0 heterocycles. The van der Waals surface area contributed by atoms with Gasteiger partial charge >= 0.3 is 0 Å². The van der Waals surface area contributed by atoms with Gasteiger partial charge in [0.15, 0.2) is 23.5 Å². The van der Waals surface area contributed by atoms with Crippen LogP contribution in [0, 0.1) is 23.0 Å². The lowest BCUT2D eigenvalue weighted by atomic mass is 10.1. The molecule has 1 aromatic carbocycles. The fourth-order valence-electron chi connectivity index (χ4n) is 1.38. The van der Waals surface area contributed by atoms with Gasteiger partial charge in [-0.15, -0.1) is 0 Å². The van der Waals surface area contributed by atoms with Crippen molar-refractivity contribution in [3.8, 4) is 11.8 Å². The van der Waals surface area contributed by atoms with E-state index in [-0.39, 0.29) is 0 Å². The van der Waals surface area contributed by atoms with Gasteiger partial charge in [-0.25, -0.2) is 8.78 Å². The lowest BCUT2D eigenvalue weighted by molar-refractivity contribution is 0.228. The van der Waals surface area contributed by atoms with Crippen molar-refractivity contribution in [2.45, 2.75) is 25.9 Å². The molecule has 0 aliphatic heterocycles. The zero-order valence-electron chi connectivity index (χ0n) is 9.54. The molecular formula is C12H14F2N2O. The van der Waals surface area contributed by atoms with E-state index in [1.54, 1.807) is 6.92 Å². The minimum Gasteiger partial charge on any atom is -0.469 e. The zero-order valence-corrected chi connectivity index (χ0v) is 9.54. The van der Waals surface area contributed by atoms with Crippen LogP contribution in [0.1, 0.15) is 18.9 Å². The molecule has 0 amide bonds. The van der Waals surface area contributed by atoms with E-state index < -0.39 is 23.5 Å². The Morgan fingerprint density at radius 1 is 1.41 bits per heavy atom. The van der Waals surface area contributed by atoms with E-state index in [2.05, 4.69) is 0 Å². The lowest BCUT2D eigenvalue weighted by Crippen LogP contribution is -2.14. The Balaban J connectivity index is 2.97. The molecule has 17 heavy (non-hydrogen) atoms. The molecule has 92 valence electrons. The second-order valence-corrected chi connectivity index (χ2v) is 3.57. The van der Waals surface area contributed by atoms with E-state index >= 15 is 0 Å². The molecule has 0 saturated heterocycles. The van der Waals surface area contributed by atoms with Crippen LogP contribution < -0.4 is 10.5 Å². The molecule has 1 atom stereocenters. The Hall–Kier alpha value is -1.67. The molecule has 0 radical (unpaired) electrons. The number of hydrogen-bond acceptors (Lipinski definition) is 3. The summed E-state index contributed by atoms with van der Waals surface area (Å²) in [6, 6.07) is 4.17. The SMILES string of the molecule is CCC(C#N)Oc1c(F)cc(CCN)cc1F. The van der Waals surface area contributed by atoms with Crippen LogP contribution in [-0.4, -0.2) is 12.6 Å². The normalized spacial score (nSPS) is 11.9. The summed E-state index contributed by atoms with van der Waals surface area (Å²) >= 11 is 0. The molecule has 0 spiro atoms. The Bertz CT molecular complexity index is 406. The van der Waals surface area contributed by atoms with Crippen molar-refractivity contribution in [2.24, 2.45) is 5.73 Å². The number of nitriles is 1. The summed E-state index contributed by atoms with van der Waals surface area (Å²) in [7, 11) is 0. The van der Waals surface area contributed by atoms with Gasteiger partial charge in [0.1, 0.15) is 6.07 Å². The molecule has 0 fully saturated rings. The smallest absolute Gasteiger partial charge is 0.192 e. The first kappa shape index (κ1) is 13.4. The molecule has 2 N–H and O–H groups in total. The van der Waals surface area contributed by atoms with Gasteiger partial charge in [-0.1, -0.05) is 6.92 Å². The van der Waals surface area contributed by atoms with E-state index in [9.17, 15) is 8.78 Å². The predicted molar refractivity (Wildman–Crippen MR) is 59.4 cm³/mol. The van der Waals surface area contributed by atoms with Crippen LogP contribution in [-0.2, 0) is 6.42 Å². The van der Waals surface area contributed by atoms with E-state index in [0.29, 0.717) is 24.9 Å². The number of halogens is 2. The van der Waals surface area contributed by atoms with Gasteiger partial charge in [-0.05, 0) is 37.1 Å². The molecule has 0 aliphatic rings. The third-order valence-corrected chi connectivity index (χ3v) is 2.27. The van der Waals surface area contributed by atoms with Crippen LogP contribution in [0.2, 0.25) is 0 Å². The maximum atomic E-state index is 13.6. The summed E-state index contributed by atoms with van der Waals surface area (Å²) in [6.07, 6.45) is -0.0943. The fourth-order valence-corrected chi connectivity index (χ4v) is 1.38. The van der Waals surface area contributed by atoms with E-state index in [4.69, 9.17) is 15.7 Å². The number of hydrogen-bond donors (Lipinski definition) is 1. The van der Waals surface area contributed by atoms with Gasteiger partial charge in [0, 0.05) is 0 Å². The van der Waals surface area contributed by atoms with Crippen LogP contribution in [0.25, 0.3) is 0 Å². The van der Waals surface area contributed by atoms with Gasteiger partial charge in [0.2, 0.25) is 0 Å². The monoisotopic (exact) mass is 240 g/mol. The molecule has 1 aromatic rings. The largest absolute Gasteiger partial charge is 0.469 e. The summed E-state index contributed by atoms with van der Waals surface area (Å²) in [4.78, 5) is 0. The predicted octanol–water partition coefficient (Wildman–Crippen LogP) is 2.15. The fraction of sp³-hybridized carbons (Fsp3) is 0.417. The highest BCUT2D eigenvalue weighted by Crippen LogP contribution is 2.25. The molecule has 0 aromatic heterocycles. The summed E-state index contributed by atoms with van der Waals surface area (Å²) in [5.41, 5.74) is 5.78. The van der Waals surface area contributed by atoms with Crippen LogP contribution in [0.4, 0.5) is 8.78 Å². The highest BCUT2D eigenvalue weighted by molar-refractivity contribution is 5.32. The second-order valence-electron chi connectivity index (χ2n) is 3.57.